The molecule has 1 aliphatic carbocycles. The number of hydrogen-bond donors (Lipinski definition) is 1. The molecule has 1 atom stereocenters. The summed E-state index contributed by atoms with van der Waals surface area (Å²) in [6.45, 7) is 13.1. The lowest BCUT2D eigenvalue weighted by Crippen LogP contribution is -2.42. The lowest BCUT2D eigenvalue weighted by Gasteiger charge is -2.37. The van der Waals surface area contributed by atoms with E-state index >= 15 is 0 Å². The summed E-state index contributed by atoms with van der Waals surface area (Å²) in [5, 5.41) is 3.46. The summed E-state index contributed by atoms with van der Waals surface area (Å²) in [5.41, 5.74) is 2.28. The molecule has 0 saturated heterocycles. The van der Waals surface area contributed by atoms with E-state index < -0.39 is 8.32 Å². The molecule has 0 amide bonds. The highest BCUT2D eigenvalue weighted by Gasteiger charge is 2.38. The minimum Gasteiger partial charge on any atom is -0.416 e. The molecule has 2 nitrogen and oxygen atoms in total. The molecule has 1 saturated carbocycles. The van der Waals surface area contributed by atoms with Gasteiger partial charge in [-0.2, -0.15) is 0 Å². The molecule has 26 heavy (non-hydrogen) atoms. The van der Waals surface area contributed by atoms with Crippen molar-refractivity contribution in [3.8, 4) is 0 Å². The lowest BCUT2D eigenvalue weighted by atomic mass is 10.0. The molecular formula is C22H36FNOSi. The smallest absolute Gasteiger partial charge is 0.192 e. The predicted octanol–water partition coefficient (Wildman–Crippen LogP) is 5.86. The molecule has 1 aliphatic rings. The van der Waals surface area contributed by atoms with E-state index in [2.05, 4.69) is 51.3 Å². The molecule has 1 aromatic carbocycles. The van der Waals surface area contributed by atoms with Crippen molar-refractivity contribution in [2.75, 3.05) is 19.7 Å². The highest BCUT2D eigenvalue weighted by molar-refractivity contribution is 6.74. The standard InChI is InChI=1S/C22H36FNOSi/c1-22(2,3)26(4,5)25-17-19-12-9-13-20(19)21(23)16-24-15-14-18-10-7-6-8-11-18/h6-8,10-11,19,24H,9,12-17H2,1-5H3/b21-20-. The van der Waals surface area contributed by atoms with Gasteiger partial charge in [0.15, 0.2) is 8.32 Å². The molecule has 4 heteroatoms. The Morgan fingerprint density at radius 1 is 1.23 bits per heavy atom. The van der Waals surface area contributed by atoms with Gasteiger partial charge in [0, 0.05) is 19.1 Å². The Kier molecular flexibility index (Phi) is 7.62. The van der Waals surface area contributed by atoms with Crippen LogP contribution in [-0.2, 0) is 10.8 Å². The lowest BCUT2D eigenvalue weighted by molar-refractivity contribution is 0.246. The van der Waals surface area contributed by atoms with E-state index in [0.717, 1.165) is 37.8 Å². The topological polar surface area (TPSA) is 21.3 Å². The van der Waals surface area contributed by atoms with Gasteiger partial charge in [0.2, 0.25) is 0 Å². The van der Waals surface area contributed by atoms with Crippen molar-refractivity contribution < 1.29 is 8.82 Å². The van der Waals surface area contributed by atoms with Gasteiger partial charge in [-0.15, -0.1) is 0 Å². The summed E-state index contributed by atoms with van der Waals surface area (Å²) in [4.78, 5) is 0. The Balaban J connectivity index is 1.82. The van der Waals surface area contributed by atoms with Gasteiger partial charge in [-0.25, -0.2) is 4.39 Å². The van der Waals surface area contributed by atoms with Crippen molar-refractivity contribution >= 4 is 8.32 Å². The second kappa shape index (κ2) is 9.29. The predicted molar refractivity (Wildman–Crippen MR) is 112 cm³/mol. The molecule has 0 aromatic heterocycles. The van der Waals surface area contributed by atoms with Crippen molar-refractivity contribution in [2.45, 2.75) is 64.6 Å². The van der Waals surface area contributed by atoms with Gasteiger partial charge < -0.3 is 9.74 Å². The first-order valence-corrected chi connectivity index (χ1v) is 12.9. The van der Waals surface area contributed by atoms with Crippen LogP contribution in [0.25, 0.3) is 0 Å². The molecule has 2 rings (SSSR count). The molecule has 146 valence electrons. The van der Waals surface area contributed by atoms with Crippen LogP contribution in [-0.4, -0.2) is 28.0 Å². The Bertz CT molecular complexity index is 592. The molecular weight excluding hydrogens is 341 g/mol. The van der Waals surface area contributed by atoms with E-state index in [1.54, 1.807) is 0 Å². The van der Waals surface area contributed by atoms with E-state index in [4.69, 9.17) is 4.43 Å². The zero-order chi connectivity index (χ0) is 19.2. The summed E-state index contributed by atoms with van der Waals surface area (Å²) in [6.07, 6.45) is 3.96. The normalized spacial score (nSPS) is 20.5. The zero-order valence-electron chi connectivity index (χ0n) is 17.2. The monoisotopic (exact) mass is 377 g/mol. The number of nitrogens with one attached hydrogen (secondary N) is 1. The summed E-state index contributed by atoms with van der Waals surface area (Å²) >= 11 is 0. The van der Waals surface area contributed by atoms with Crippen molar-refractivity contribution in [1.29, 1.82) is 0 Å². The minimum atomic E-state index is -1.77. The third kappa shape index (κ3) is 6.03. The van der Waals surface area contributed by atoms with Crippen LogP contribution in [0.5, 0.6) is 0 Å². The first-order valence-electron chi connectivity index (χ1n) is 9.97. The molecule has 0 spiro atoms. The van der Waals surface area contributed by atoms with Gasteiger partial charge in [0.05, 0.1) is 0 Å². The van der Waals surface area contributed by atoms with Gasteiger partial charge >= 0.3 is 0 Å². The van der Waals surface area contributed by atoms with Crippen LogP contribution >= 0.6 is 0 Å². The fourth-order valence-corrected chi connectivity index (χ4v) is 4.22. The van der Waals surface area contributed by atoms with Gasteiger partial charge in [0.1, 0.15) is 5.83 Å². The van der Waals surface area contributed by atoms with Crippen molar-refractivity contribution in [2.24, 2.45) is 5.92 Å². The maximum atomic E-state index is 14.7. The van der Waals surface area contributed by atoms with E-state index in [0.29, 0.717) is 13.2 Å². The number of hydrogen-bond acceptors (Lipinski definition) is 2. The second-order valence-electron chi connectivity index (χ2n) is 9.00. The maximum Gasteiger partial charge on any atom is 0.192 e. The summed E-state index contributed by atoms with van der Waals surface area (Å²) < 4.78 is 21.1. The highest BCUT2D eigenvalue weighted by atomic mass is 28.4. The molecule has 1 fully saturated rings. The molecule has 0 bridgehead atoms. The Morgan fingerprint density at radius 2 is 1.92 bits per heavy atom. The number of benzene rings is 1. The average molecular weight is 378 g/mol. The van der Waals surface area contributed by atoms with Gasteiger partial charge in [-0.3, -0.25) is 0 Å². The van der Waals surface area contributed by atoms with Gasteiger partial charge in [-0.05, 0) is 61.5 Å². The van der Waals surface area contributed by atoms with Crippen molar-refractivity contribution in [3.63, 3.8) is 0 Å². The minimum absolute atomic E-state index is 0.0411. The maximum absolute atomic E-state index is 14.7. The first kappa shape index (κ1) is 21.3. The van der Waals surface area contributed by atoms with Gasteiger partial charge in [-0.1, -0.05) is 51.1 Å². The number of halogens is 1. The summed E-state index contributed by atoms with van der Waals surface area (Å²) in [7, 11) is -1.77. The largest absolute Gasteiger partial charge is 0.416 e. The Hall–Kier alpha value is -0.973. The fourth-order valence-electron chi connectivity index (χ4n) is 3.17. The summed E-state index contributed by atoms with van der Waals surface area (Å²) in [5.74, 6) is 0.305. The van der Waals surface area contributed by atoms with Crippen molar-refractivity contribution in [1.82, 2.24) is 5.32 Å². The van der Waals surface area contributed by atoms with Crippen molar-refractivity contribution in [3.05, 3.63) is 47.3 Å². The summed E-state index contributed by atoms with van der Waals surface area (Å²) in [6, 6.07) is 10.3. The third-order valence-electron chi connectivity index (χ3n) is 6.00. The first-order chi connectivity index (χ1) is 12.2. The SMILES string of the molecule is CC(C)(C)[Si](C)(C)OCC1CCC/C1=C(/F)CNCCc1ccccc1. The van der Waals surface area contributed by atoms with Gasteiger partial charge in [0.25, 0.3) is 0 Å². The zero-order valence-corrected chi connectivity index (χ0v) is 18.2. The number of rotatable bonds is 8. The molecule has 1 aromatic rings. The average Bonchev–Trinajstić information content (AvgIpc) is 3.05. The third-order valence-corrected chi connectivity index (χ3v) is 10.5. The van der Waals surface area contributed by atoms with Crippen LogP contribution in [0.2, 0.25) is 18.1 Å². The highest BCUT2D eigenvalue weighted by Crippen LogP contribution is 2.39. The molecule has 0 heterocycles. The van der Waals surface area contributed by atoms with Crippen LogP contribution in [0.15, 0.2) is 41.7 Å². The van der Waals surface area contributed by atoms with Crippen LogP contribution in [0, 0.1) is 5.92 Å². The Labute approximate surface area is 160 Å². The quantitative estimate of drug-likeness (QED) is 0.452. The van der Waals surface area contributed by atoms with Crippen LogP contribution in [0.1, 0.15) is 45.6 Å². The molecule has 0 radical (unpaired) electrons. The fraction of sp³-hybridized carbons (Fsp3) is 0.636. The molecule has 1 unspecified atom stereocenters. The second-order valence-corrected chi connectivity index (χ2v) is 13.8. The Morgan fingerprint density at radius 3 is 2.58 bits per heavy atom. The van der Waals surface area contributed by atoms with Crippen LogP contribution in [0.4, 0.5) is 4.39 Å². The van der Waals surface area contributed by atoms with E-state index in [1.807, 2.05) is 18.2 Å². The van der Waals surface area contributed by atoms with E-state index in [9.17, 15) is 4.39 Å². The molecule has 1 N–H and O–H groups in total. The van der Waals surface area contributed by atoms with E-state index in [1.165, 1.54) is 5.56 Å². The van der Waals surface area contributed by atoms with E-state index in [-0.39, 0.29) is 16.8 Å². The van der Waals surface area contributed by atoms with Crippen LogP contribution in [0.3, 0.4) is 0 Å². The van der Waals surface area contributed by atoms with Crippen LogP contribution < -0.4 is 5.32 Å². The molecule has 0 aliphatic heterocycles.